The van der Waals surface area contributed by atoms with Gasteiger partial charge in [-0.3, -0.25) is 4.79 Å². The van der Waals surface area contributed by atoms with Gasteiger partial charge in [-0.05, 0) is 62.9 Å². The number of aromatic nitrogens is 1. The van der Waals surface area contributed by atoms with Crippen LogP contribution < -0.4 is 10.1 Å². The Morgan fingerprint density at radius 2 is 1.65 bits per heavy atom. The first-order valence-electron chi connectivity index (χ1n) is 13.3. The highest BCUT2D eigenvalue weighted by Gasteiger charge is 2.28. The Bertz CT molecular complexity index is 1330. The zero-order valence-electron chi connectivity index (χ0n) is 23.3. The molecule has 1 saturated heterocycles. The van der Waals surface area contributed by atoms with E-state index in [4.69, 9.17) is 14.2 Å². The number of likely N-dealkylation sites (tertiary alicyclic amines) is 1. The average molecular weight is 546 g/mol. The van der Waals surface area contributed by atoms with Crippen LogP contribution in [0.15, 0.2) is 66.9 Å². The predicted octanol–water partition coefficient (Wildman–Crippen LogP) is 5.24. The van der Waals surface area contributed by atoms with E-state index in [2.05, 4.69) is 10.3 Å². The van der Waals surface area contributed by atoms with Gasteiger partial charge in [-0.15, -0.1) is 0 Å². The Hall–Kier alpha value is -4.40. The number of piperidine rings is 1. The van der Waals surface area contributed by atoms with Crippen molar-refractivity contribution in [3.05, 3.63) is 83.7 Å². The minimum atomic E-state index is -0.598. The molecular weight excluding hydrogens is 510 g/mol. The van der Waals surface area contributed by atoms with E-state index >= 15 is 0 Å². The molecule has 2 amide bonds. The monoisotopic (exact) mass is 545 g/mol. The lowest BCUT2D eigenvalue weighted by Crippen LogP contribution is -2.47. The standard InChI is InChI=1S/C31H35N3O6/c1-31(2,3)40-30(37)34-18-15-24(16-19-34)33-28(35)23-12-10-22(11-13-23)25-14-17-32-26(29(36)38-4)27(25)39-20-21-8-6-5-7-9-21/h5-14,17,24H,15-16,18-20H2,1-4H3,(H,33,35). The van der Waals surface area contributed by atoms with Crippen molar-refractivity contribution >= 4 is 18.0 Å². The summed E-state index contributed by atoms with van der Waals surface area (Å²) in [4.78, 5) is 43.6. The van der Waals surface area contributed by atoms with Crippen LogP contribution in [-0.4, -0.2) is 59.7 Å². The van der Waals surface area contributed by atoms with Crippen LogP contribution in [0.25, 0.3) is 11.1 Å². The van der Waals surface area contributed by atoms with Crippen LogP contribution in [0, 0.1) is 0 Å². The smallest absolute Gasteiger partial charge is 0.410 e. The highest BCUT2D eigenvalue weighted by molar-refractivity contribution is 5.96. The van der Waals surface area contributed by atoms with Gasteiger partial charge in [-0.25, -0.2) is 14.6 Å². The Balaban J connectivity index is 1.43. The number of ether oxygens (including phenoxy) is 3. The molecule has 0 atom stereocenters. The summed E-state index contributed by atoms with van der Waals surface area (Å²) in [5, 5.41) is 3.07. The zero-order valence-corrected chi connectivity index (χ0v) is 23.3. The first kappa shape index (κ1) is 28.6. The molecule has 0 unspecified atom stereocenters. The van der Waals surface area contributed by atoms with Crippen molar-refractivity contribution in [3.8, 4) is 16.9 Å². The molecule has 1 N–H and O–H groups in total. The summed E-state index contributed by atoms with van der Waals surface area (Å²) in [5.41, 5.74) is 2.41. The van der Waals surface area contributed by atoms with Gasteiger partial charge in [0.05, 0.1) is 7.11 Å². The van der Waals surface area contributed by atoms with Crippen molar-refractivity contribution < 1.29 is 28.6 Å². The van der Waals surface area contributed by atoms with Crippen molar-refractivity contribution in [3.63, 3.8) is 0 Å². The Morgan fingerprint density at radius 3 is 2.27 bits per heavy atom. The highest BCUT2D eigenvalue weighted by Crippen LogP contribution is 2.33. The molecule has 4 rings (SSSR count). The van der Waals surface area contributed by atoms with E-state index in [0.717, 1.165) is 11.1 Å². The lowest BCUT2D eigenvalue weighted by molar-refractivity contribution is 0.0199. The molecule has 3 aromatic rings. The normalized spacial score (nSPS) is 13.8. The molecule has 1 aromatic heterocycles. The fourth-order valence-corrected chi connectivity index (χ4v) is 4.40. The summed E-state index contributed by atoms with van der Waals surface area (Å²) >= 11 is 0. The quantitative estimate of drug-likeness (QED) is 0.405. The second-order valence-electron chi connectivity index (χ2n) is 10.6. The summed E-state index contributed by atoms with van der Waals surface area (Å²) in [7, 11) is 1.30. The molecule has 2 aromatic carbocycles. The van der Waals surface area contributed by atoms with Gasteiger partial charge in [0.15, 0.2) is 11.4 Å². The molecule has 0 saturated carbocycles. The average Bonchev–Trinajstić information content (AvgIpc) is 2.95. The molecule has 210 valence electrons. The number of hydrogen-bond acceptors (Lipinski definition) is 7. The lowest BCUT2D eigenvalue weighted by Gasteiger charge is -2.33. The van der Waals surface area contributed by atoms with E-state index in [1.807, 2.05) is 63.2 Å². The molecule has 1 aliphatic rings. The Labute approximate surface area is 234 Å². The largest absolute Gasteiger partial charge is 0.486 e. The third-order valence-corrected chi connectivity index (χ3v) is 6.45. The van der Waals surface area contributed by atoms with Crippen molar-refractivity contribution in [1.29, 1.82) is 0 Å². The van der Waals surface area contributed by atoms with E-state index in [1.165, 1.54) is 13.3 Å². The van der Waals surface area contributed by atoms with Crippen LogP contribution in [0.2, 0.25) is 0 Å². The van der Waals surface area contributed by atoms with Crippen LogP contribution in [0.4, 0.5) is 4.79 Å². The summed E-state index contributed by atoms with van der Waals surface area (Å²) in [5.74, 6) is -0.474. The van der Waals surface area contributed by atoms with Gasteiger partial charge in [-0.2, -0.15) is 0 Å². The number of carbonyl (C=O) groups excluding carboxylic acids is 3. The topological polar surface area (TPSA) is 107 Å². The van der Waals surface area contributed by atoms with Crippen LogP contribution in [-0.2, 0) is 16.1 Å². The molecule has 9 nitrogen and oxygen atoms in total. The summed E-state index contributed by atoms with van der Waals surface area (Å²) < 4.78 is 16.4. The number of hydrogen-bond donors (Lipinski definition) is 1. The van der Waals surface area contributed by atoms with E-state index < -0.39 is 11.6 Å². The van der Waals surface area contributed by atoms with E-state index in [9.17, 15) is 14.4 Å². The van der Waals surface area contributed by atoms with E-state index in [0.29, 0.717) is 42.8 Å². The number of pyridine rings is 1. The number of rotatable bonds is 7. The summed E-state index contributed by atoms with van der Waals surface area (Å²) in [6.07, 6.45) is 2.50. The molecule has 40 heavy (non-hydrogen) atoms. The minimum Gasteiger partial charge on any atom is -0.486 e. The van der Waals surface area contributed by atoms with Crippen LogP contribution in [0.3, 0.4) is 0 Å². The molecule has 1 fully saturated rings. The molecule has 0 radical (unpaired) electrons. The fourth-order valence-electron chi connectivity index (χ4n) is 4.40. The molecule has 0 spiro atoms. The molecule has 2 heterocycles. The first-order chi connectivity index (χ1) is 19.1. The van der Waals surface area contributed by atoms with Crippen molar-refractivity contribution in [2.75, 3.05) is 20.2 Å². The third kappa shape index (κ3) is 7.37. The van der Waals surface area contributed by atoms with Gasteiger partial charge < -0.3 is 24.4 Å². The number of esters is 1. The maximum Gasteiger partial charge on any atom is 0.410 e. The molecule has 9 heteroatoms. The maximum absolute atomic E-state index is 13.0. The van der Waals surface area contributed by atoms with E-state index in [-0.39, 0.29) is 30.3 Å². The zero-order chi connectivity index (χ0) is 28.7. The van der Waals surface area contributed by atoms with Gasteiger partial charge in [0.25, 0.3) is 5.91 Å². The second kappa shape index (κ2) is 12.6. The SMILES string of the molecule is COC(=O)c1nccc(-c2ccc(C(=O)NC3CCN(C(=O)OC(C)(C)C)CC3)cc2)c1OCc1ccccc1. The Morgan fingerprint density at radius 1 is 0.975 bits per heavy atom. The van der Waals surface area contributed by atoms with Crippen molar-refractivity contribution in [2.45, 2.75) is 51.9 Å². The predicted molar refractivity (Wildman–Crippen MR) is 150 cm³/mol. The van der Waals surface area contributed by atoms with Crippen molar-refractivity contribution in [2.24, 2.45) is 0 Å². The van der Waals surface area contributed by atoms with Crippen LogP contribution in [0.5, 0.6) is 5.75 Å². The highest BCUT2D eigenvalue weighted by atomic mass is 16.6. The third-order valence-electron chi connectivity index (χ3n) is 6.45. The lowest BCUT2D eigenvalue weighted by atomic mass is 10.0. The van der Waals surface area contributed by atoms with Gasteiger partial charge in [-0.1, -0.05) is 42.5 Å². The summed E-state index contributed by atoms with van der Waals surface area (Å²) in [6, 6.07) is 18.4. The van der Waals surface area contributed by atoms with Crippen LogP contribution >= 0.6 is 0 Å². The Kier molecular flexibility index (Phi) is 9.04. The summed E-state index contributed by atoms with van der Waals surface area (Å²) in [6.45, 7) is 6.82. The number of carbonyl (C=O) groups is 3. The first-order valence-corrected chi connectivity index (χ1v) is 13.3. The molecule has 1 aliphatic heterocycles. The van der Waals surface area contributed by atoms with Crippen molar-refractivity contribution in [1.82, 2.24) is 15.2 Å². The molecule has 0 bridgehead atoms. The van der Waals surface area contributed by atoms with Gasteiger partial charge >= 0.3 is 12.1 Å². The minimum absolute atomic E-state index is 0.0355. The number of nitrogens with zero attached hydrogens (tertiary/aromatic N) is 2. The number of nitrogens with one attached hydrogen (secondary N) is 1. The number of methoxy groups -OCH3 is 1. The molecular formula is C31H35N3O6. The van der Waals surface area contributed by atoms with Gasteiger partial charge in [0.1, 0.15) is 12.2 Å². The van der Waals surface area contributed by atoms with Gasteiger partial charge in [0.2, 0.25) is 0 Å². The van der Waals surface area contributed by atoms with E-state index in [1.54, 1.807) is 23.1 Å². The number of amides is 2. The maximum atomic E-state index is 13.0. The fraction of sp³-hybridized carbons (Fsp3) is 0.355. The second-order valence-corrected chi connectivity index (χ2v) is 10.6. The van der Waals surface area contributed by atoms with Crippen LogP contribution in [0.1, 0.15) is 60.0 Å². The molecule has 0 aliphatic carbocycles. The van der Waals surface area contributed by atoms with Gasteiger partial charge in [0, 0.05) is 36.5 Å². The number of benzene rings is 2.